The van der Waals surface area contributed by atoms with Crippen molar-refractivity contribution in [3.05, 3.63) is 123 Å². The van der Waals surface area contributed by atoms with Crippen molar-refractivity contribution >= 4 is 55.1 Å². The topological polar surface area (TPSA) is 96.0 Å². The number of hydrogen-bond donors (Lipinski definition) is 1. The highest BCUT2D eigenvalue weighted by Gasteiger charge is 2.35. The van der Waals surface area contributed by atoms with Crippen molar-refractivity contribution < 1.29 is 22.7 Å². The van der Waals surface area contributed by atoms with Gasteiger partial charge in [0, 0.05) is 24.0 Å². The van der Waals surface area contributed by atoms with E-state index in [2.05, 4.69) is 21.2 Å². The molecule has 4 aromatic rings. The first-order valence-corrected chi connectivity index (χ1v) is 17.8. The maximum atomic E-state index is 14.6. The number of benzene rings is 4. The molecule has 0 radical (unpaired) electrons. The molecule has 0 aliphatic heterocycles. The first-order valence-electron chi connectivity index (χ1n) is 15.2. The number of methoxy groups -OCH3 is 1. The van der Waals surface area contributed by atoms with Crippen molar-refractivity contribution in [1.82, 2.24) is 10.2 Å². The van der Waals surface area contributed by atoms with Crippen LogP contribution in [-0.4, -0.2) is 50.9 Å². The Labute approximate surface area is 290 Å². The van der Waals surface area contributed by atoms with E-state index in [0.717, 1.165) is 21.0 Å². The number of hydrogen-bond acceptors (Lipinski definition) is 5. The summed E-state index contributed by atoms with van der Waals surface area (Å²) in [7, 11) is -2.78. The lowest BCUT2D eigenvalue weighted by atomic mass is 10.0. The average Bonchev–Trinajstić information content (AvgIpc) is 3.06. The van der Waals surface area contributed by atoms with Crippen LogP contribution in [0.5, 0.6) is 5.75 Å². The zero-order valence-electron chi connectivity index (χ0n) is 26.8. The van der Waals surface area contributed by atoms with Gasteiger partial charge in [0.15, 0.2) is 0 Å². The lowest BCUT2D eigenvalue weighted by Gasteiger charge is -2.34. The number of ether oxygens (including phenoxy) is 1. The van der Waals surface area contributed by atoms with Crippen LogP contribution in [0.1, 0.15) is 37.0 Å². The summed E-state index contributed by atoms with van der Waals surface area (Å²) in [4.78, 5) is 30.0. The molecule has 0 aliphatic carbocycles. The fourth-order valence-corrected chi connectivity index (χ4v) is 7.22. The molecule has 0 spiro atoms. The third-order valence-electron chi connectivity index (χ3n) is 7.85. The van der Waals surface area contributed by atoms with Gasteiger partial charge in [-0.1, -0.05) is 78.7 Å². The summed E-state index contributed by atoms with van der Waals surface area (Å²) in [5.74, 6) is -0.404. The van der Waals surface area contributed by atoms with Crippen molar-refractivity contribution in [2.24, 2.45) is 0 Å². The van der Waals surface area contributed by atoms with E-state index >= 15 is 0 Å². The van der Waals surface area contributed by atoms with Gasteiger partial charge in [0.1, 0.15) is 18.3 Å². The predicted octanol–water partition coefficient (Wildman–Crippen LogP) is 7.17. The van der Waals surface area contributed by atoms with Gasteiger partial charge in [-0.3, -0.25) is 13.9 Å². The molecule has 0 aromatic heterocycles. The van der Waals surface area contributed by atoms with Gasteiger partial charge in [-0.15, -0.1) is 0 Å². The number of sulfonamides is 1. The molecule has 11 heteroatoms. The monoisotopic (exact) mass is 739 g/mol. The first kappa shape index (κ1) is 36.0. The van der Waals surface area contributed by atoms with Crippen LogP contribution in [0.3, 0.4) is 0 Å². The average molecular weight is 741 g/mol. The number of carbonyl (C=O) groups is 2. The van der Waals surface area contributed by atoms with Gasteiger partial charge >= 0.3 is 0 Å². The number of amides is 2. The van der Waals surface area contributed by atoms with Crippen molar-refractivity contribution in [3.8, 4) is 5.75 Å². The molecule has 2 amide bonds. The minimum atomic E-state index is -4.27. The second kappa shape index (κ2) is 16.3. The molecular formula is C36H39BrClN3O5S. The molecule has 4 rings (SSSR count). The SMILES string of the molecule is CC[C@H](C)NC(=O)[C@H](Cc1ccccc1)N(Cc1ccc(Cl)cc1)C(=O)CN(c1ccc(C)cc1)S(=O)(=O)c1ccc(OC)c(Br)c1. The molecular weight excluding hydrogens is 702 g/mol. The van der Waals surface area contributed by atoms with Gasteiger partial charge in [0.05, 0.1) is 22.2 Å². The number of rotatable bonds is 14. The number of nitrogens with zero attached hydrogens (tertiary/aromatic N) is 2. The number of halogens is 2. The zero-order valence-corrected chi connectivity index (χ0v) is 30.0. The summed E-state index contributed by atoms with van der Waals surface area (Å²) >= 11 is 9.55. The minimum Gasteiger partial charge on any atom is -0.496 e. The van der Waals surface area contributed by atoms with E-state index in [0.29, 0.717) is 27.4 Å². The molecule has 248 valence electrons. The Hall–Kier alpha value is -3.86. The largest absolute Gasteiger partial charge is 0.496 e. The second-order valence-corrected chi connectivity index (χ2v) is 14.5. The number of carbonyl (C=O) groups excluding carboxylic acids is 2. The van der Waals surface area contributed by atoms with E-state index in [1.165, 1.54) is 24.1 Å². The summed E-state index contributed by atoms with van der Waals surface area (Å²) in [6.45, 7) is 5.27. The third kappa shape index (κ3) is 9.37. The van der Waals surface area contributed by atoms with E-state index in [1.54, 1.807) is 54.6 Å². The summed E-state index contributed by atoms with van der Waals surface area (Å²) < 4.78 is 35.4. The summed E-state index contributed by atoms with van der Waals surface area (Å²) in [5, 5.41) is 3.57. The predicted molar refractivity (Wildman–Crippen MR) is 190 cm³/mol. The Morgan fingerprint density at radius 1 is 0.936 bits per heavy atom. The smallest absolute Gasteiger partial charge is 0.264 e. The van der Waals surface area contributed by atoms with Gasteiger partial charge in [-0.2, -0.15) is 0 Å². The molecule has 0 saturated heterocycles. The highest BCUT2D eigenvalue weighted by Crippen LogP contribution is 2.31. The number of anilines is 1. The van der Waals surface area contributed by atoms with Gasteiger partial charge < -0.3 is 15.0 Å². The van der Waals surface area contributed by atoms with Crippen LogP contribution in [0.25, 0.3) is 0 Å². The lowest BCUT2D eigenvalue weighted by Crippen LogP contribution is -2.54. The first-order chi connectivity index (χ1) is 22.4. The highest BCUT2D eigenvalue weighted by atomic mass is 79.9. The molecule has 8 nitrogen and oxygen atoms in total. The number of nitrogens with one attached hydrogen (secondary N) is 1. The molecule has 0 heterocycles. The molecule has 0 bridgehead atoms. The summed E-state index contributed by atoms with van der Waals surface area (Å²) in [6, 6.07) is 26.7. The Morgan fingerprint density at radius 3 is 2.19 bits per heavy atom. The zero-order chi connectivity index (χ0) is 34.1. The second-order valence-electron chi connectivity index (χ2n) is 11.3. The maximum absolute atomic E-state index is 14.6. The van der Waals surface area contributed by atoms with E-state index in [-0.39, 0.29) is 29.8 Å². The quantitative estimate of drug-likeness (QED) is 0.148. The summed E-state index contributed by atoms with van der Waals surface area (Å²) in [6.07, 6.45) is 0.928. The Morgan fingerprint density at radius 2 is 1.60 bits per heavy atom. The number of aryl methyl sites for hydroxylation is 1. The molecule has 4 aromatic carbocycles. The molecule has 2 atom stereocenters. The fraction of sp³-hybridized carbons (Fsp3) is 0.278. The van der Waals surface area contributed by atoms with Crippen LogP contribution in [0.4, 0.5) is 5.69 Å². The van der Waals surface area contributed by atoms with Crippen molar-refractivity contribution in [2.45, 2.75) is 57.1 Å². The van der Waals surface area contributed by atoms with Gasteiger partial charge in [-0.25, -0.2) is 8.42 Å². The lowest BCUT2D eigenvalue weighted by molar-refractivity contribution is -0.140. The standard InChI is InChI=1S/C36H39BrClN3O5S/c1-5-26(3)39-36(43)33(21-27-9-7-6-8-10-27)40(23-28-13-15-29(38)16-14-28)35(42)24-41(30-17-11-25(2)12-18-30)47(44,45)31-19-20-34(46-4)32(37)22-31/h6-20,22,26,33H,5,21,23-24H2,1-4H3,(H,39,43)/t26-,33-/m0/s1. The van der Waals surface area contributed by atoms with Crippen molar-refractivity contribution in [1.29, 1.82) is 0 Å². The molecule has 47 heavy (non-hydrogen) atoms. The fourth-order valence-electron chi connectivity index (χ4n) is 4.96. The van der Waals surface area contributed by atoms with E-state index < -0.39 is 28.5 Å². The Bertz CT molecular complexity index is 1770. The van der Waals surface area contributed by atoms with Gasteiger partial charge in [-0.05, 0) is 89.8 Å². The normalized spacial score (nSPS) is 12.6. The Balaban J connectivity index is 1.81. The van der Waals surface area contributed by atoms with Gasteiger partial charge in [0.25, 0.3) is 10.0 Å². The van der Waals surface area contributed by atoms with Crippen LogP contribution < -0.4 is 14.4 Å². The molecule has 0 saturated carbocycles. The van der Waals surface area contributed by atoms with E-state index in [4.69, 9.17) is 16.3 Å². The molecule has 0 fully saturated rings. The molecule has 1 N–H and O–H groups in total. The van der Waals surface area contributed by atoms with Crippen molar-refractivity contribution in [3.63, 3.8) is 0 Å². The van der Waals surface area contributed by atoms with E-state index in [1.807, 2.05) is 51.1 Å². The van der Waals surface area contributed by atoms with Gasteiger partial charge in [0.2, 0.25) is 11.8 Å². The molecule has 0 unspecified atom stereocenters. The minimum absolute atomic E-state index is 0.0295. The Kier molecular flexibility index (Phi) is 12.5. The highest BCUT2D eigenvalue weighted by molar-refractivity contribution is 9.10. The van der Waals surface area contributed by atoms with Crippen LogP contribution in [0.15, 0.2) is 106 Å². The third-order valence-corrected chi connectivity index (χ3v) is 10.5. The van der Waals surface area contributed by atoms with Crippen LogP contribution >= 0.6 is 27.5 Å². The van der Waals surface area contributed by atoms with Crippen molar-refractivity contribution in [2.75, 3.05) is 18.0 Å². The van der Waals surface area contributed by atoms with E-state index in [9.17, 15) is 18.0 Å². The van der Waals surface area contributed by atoms with Crippen LogP contribution in [-0.2, 0) is 32.6 Å². The molecule has 0 aliphatic rings. The maximum Gasteiger partial charge on any atom is 0.264 e. The summed E-state index contributed by atoms with van der Waals surface area (Å²) in [5.41, 5.74) is 2.84. The van der Waals surface area contributed by atoms with Crippen LogP contribution in [0.2, 0.25) is 5.02 Å². The van der Waals surface area contributed by atoms with Crippen LogP contribution in [0, 0.1) is 6.92 Å².